The summed E-state index contributed by atoms with van der Waals surface area (Å²) in [5.74, 6) is -2.16. The van der Waals surface area contributed by atoms with E-state index in [4.69, 9.17) is 5.73 Å². The van der Waals surface area contributed by atoms with Crippen LogP contribution in [0.3, 0.4) is 0 Å². The lowest BCUT2D eigenvalue weighted by Gasteiger charge is -2.38. The predicted molar refractivity (Wildman–Crippen MR) is 73.6 cm³/mol. The van der Waals surface area contributed by atoms with E-state index in [1.54, 1.807) is 11.1 Å². The summed E-state index contributed by atoms with van der Waals surface area (Å²) >= 11 is 0. The van der Waals surface area contributed by atoms with Crippen molar-refractivity contribution in [3.63, 3.8) is 0 Å². The Balaban J connectivity index is 2.12. The average molecular weight is 289 g/mol. The maximum Gasteiger partial charge on any atom is 0.326 e. The van der Waals surface area contributed by atoms with Crippen molar-refractivity contribution in [3.8, 4) is 0 Å². The lowest BCUT2D eigenvalue weighted by atomic mass is 9.88. The largest absolute Gasteiger partial charge is 0.480 e. The number of carbonyl (C=O) groups is 3. The molecular weight excluding hydrogens is 274 g/mol. The van der Waals surface area contributed by atoms with Crippen LogP contribution in [0.15, 0.2) is 12.3 Å². The monoisotopic (exact) mass is 289 g/mol. The van der Waals surface area contributed by atoms with Gasteiger partial charge in [0.2, 0.25) is 11.6 Å². The molecule has 0 unspecified atom stereocenters. The summed E-state index contributed by atoms with van der Waals surface area (Å²) in [4.78, 5) is 39.7. The predicted octanol–water partition coefficient (Wildman–Crippen LogP) is -0.219. The Morgan fingerprint density at radius 3 is 2.90 bits per heavy atom. The lowest BCUT2D eigenvalue weighted by Crippen LogP contribution is -2.46. The van der Waals surface area contributed by atoms with Crippen LogP contribution >= 0.6 is 0 Å². The standard InChI is InChI=1S/C14H15N3O4/c15-2-1-3-17-8-5-10(18)13(19)12-11(8)7(6-16-12)4-9(17)14(20)21/h5-6,9,16H,1-4,15H2,(H,20,21)/t9-/m0/s1. The van der Waals surface area contributed by atoms with Crippen molar-refractivity contribution in [1.29, 1.82) is 0 Å². The Bertz CT molecular complexity index is 674. The third-order valence-corrected chi connectivity index (χ3v) is 3.92. The van der Waals surface area contributed by atoms with E-state index in [2.05, 4.69) is 4.98 Å². The maximum absolute atomic E-state index is 11.9. The van der Waals surface area contributed by atoms with Gasteiger partial charge in [-0.05, 0) is 18.5 Å². The molecule has 7 heteroatoms. The number of H-pyrrole nitrogens is 1. The fourth-order valence-corrected chi connectivity index (χ4v) is 2.95. The zero-order valence-electron chi connectivity index (χ0n) is 11.3. The van der Waals surface area contributed by atoms with E-state index in [0.717, 1.165) is 5.56 Å². The number of hydrogen-bond donors (Lipinski definition) is 3. The van der Waals surface area contributed by atoms with E-state index in [1.807, 2.05) is 0 Å². The summed E-state index contributed by atoms with van der Waals surface area (Å²) < 4.78 is 0. The zero-order valence-corrected chi connectivity index (χ0v) is 11.3. The quantitative estimate of drug-likeness (QED) is 0.660. The summed E-state index contributed by atoms with van der Waals surface area (Å²) in [6.07, 6.45) is 3.77. The topological polar surface area (TPSA) is 116 Å². The number of hydrogen-bond acceptors (Lipinski definition) is 5. The van der Waals surface area contributed by atoms with Gasteiger partial charge in [0.05, 0.1) is 5.70 Å². The van der Waals surface area contributed by atoms with E-state index in [-0.39, 0.29) is 5.69 Å². The van der Waals surface area contributed by atoms with Crippen LogP contribution < -0.4 is 5.73 Å². The molecule has 0 saturated carbocycles. The first kappa shape index (κ1) is 13.6. The van der Waals surface area contributed by atoms with E-state index in [9.17, 15) is 19.5 Å². The third kappa shape index (κ3) is 1.97. The molecule has 1 aliphatic carbocycles. The van der Waals surface area contributed by atoms with Gasteiger partial charge in [-0.15, -0.1) is 0 Å². The molecule has 0 saturated heterocycles. The molecule has 2 aliphatic rings. The van der Waals surface area contributed by atoms with Crippen molar-refractivity contribution in [2.45, 2.75) is 18.9 Å². The first-order valence-electron chi connectivity index (χ1n) is 6.75. The number of rotatable bonds is 4. The number of Topliss-reactive ketones (excluding diaryl/α,β-unsaturated/α-hetero) is 1. The number of nitrogens with one attached hydrogen (secondary N) is 1. The number of nitrogens with zero attached hydrogens (tertiary/aromatic N) is 1. The van der Waals surface area contributed by atoms with Crippen LogP contribution in [0.2, 0.25) is 0 Å². The number of nitrogens with two attached hydrogens (primary N) is 1. The highest BCUT2D eigenvalue weighted by Gasteiger charge is 2.40. The van der Waals surface area contributed by atoms with Crippen molar-refractivity contribution in [2.24, 2.45) is 5.73 Å². The van der Waals surface area contributed by atoms with Crippen molar-refractivity contribution in [3.05, 3.63) is 29.1 Å². The van der Waals surface area contributed by atoms with Gasteiger partial charge in [0.15, 0.2) is 0 Å². The SMILES string of the molecule is NCCCN1C2=CC(=O)C(=O)c3[nH]cc(c32)C[C@H]1C(=O)O. The molecular formula is C14H15N3O4. The van der Waals surface area contributed by atoms with E-state index in [1.165, 1.54) is 6.08 Å². The van der Waals surface area contributed by atoms with Gasteiger partial charge in [-0.25, -0.2) is 4.79 Å². The third-order valence-electron chi connectivity index (χ3n) is 3.92. The first-order valence-corrected chi connectivity index (χ1v) is 6.75. The number of aromatic amines is 1. The summed E-state index contributed by atoms with van der Waals surface area (Å²) in [5, 5.41) is 9.43. The fourth-order valence-electron chi connectivity index (χ4n) is 2.95. The van der Waals surface area contributed by atoms with Gasteiger partial charge in [-0.3, -0.25) is 9.59 Å². The molecule has 1 aliphatic heterocycles. The molecule has 4 N–H and O–H groups in total. The van der Waals surface area contributed by atoms with E-state index < -0.39 is 23.6 Å². The van der Waals surface area contributed by atoms with Crippen LogP contribution in [0.5, 0.6) is 0 Å². The Labute approximate surface area is 120 Å². The van der Waals surface area contributed by atoms with E-state index in [0.29, 0.717) is 37.2 Å². The number of carbonyl (C=O) groups excluding carboxylic acids is 2. The average Bonchev–Trinajstić information content (AvgIpc) is 2.87. The second-order valence-corrected chi connectivity index (χ2v) is 5.18. The molecule has 110 valence electrons. The number of aromatic nitrogens is 1. The number of carboxylic acids is 1. The van der Waals surface area contributed by atoms with Gasteiger partial charge in [-0.2, -0.15) is 0 Å². The van der Waals surface area contributed by atoms with Crippen LogP contribution in [0, 0.1) is 0 Å². The smallest absolute Gasteiger partial charge is 0.326 e. The molecule has 0 aromatic carbocycles. The summed E-state index contributed by atoms with van der Waals surface area (Å²) in [5.41, 5.74) is 7.69. The van der Waals surface area contributed by atoms with Crippen LogP contribution in [0.25, 0.3) is 5.70 Å². The highest BCUT2D eigenvalue weighted by Crippen LogP contribution is 2.37. The molecule has 1 atom stereocenters. The Morgan fingerprint density at radius 2 is 2.24 bits per heavy atom. The fraction of sp³-hybridized carbons (Fsp3) is 0.357. The maximum atomic E-state index is 11.9. The molecule has 3 rings (SSSR count). The van der Waals surface area contributed by atoms with Gasteiger partial charge < -0.3 is 20.7 Å². The minimum absolute atomic E-state index is 0.258. The molecule has 0 spiro atoms. The molecule has 0 bridgehead atoms. The van der Waals surface area contributed by atoms with E-state index >= 15 is 0 Å². The minimum Gasteiger partial charge on any atom is -0.480 e. The molecule has 1 aromatic rings. The highest BCUT2D eigenvalue weighted by molar-refractivity contribution is 6.50. The number of allylic oxidation sites excluding steroid dienone is 1. The molecule has 2 heterocycles. The first-order chi connectivity index (χ1) is 10.0. The van der Waals surface area contributed by atoms with Crippen molar-refractivity contribution in [2.75, 3.05) is 13.1 Å². The van der Waals surface area contributed by atoms with Gasteiger partial charge >= 0.3 is 5.97 Å². The van der Waals surface area contributed by atoms with Crippen LogP contribution in [0.4, 0.5) is 0 Å². The Hall–Kier alpha value is -2.41. The van der Waals surface area contributed by atoms with Crippen LogP contribution in [-0.4, -0.2) is 51.7 Å². The second kappa shape index (κ2) is 4.85. The normalized spacial score (nSPS) is 20.3. The molecule has 7 nitrogen and oxygen atoms in total. The van der Waals surface area contributed by atoms with Crippen molar-refractivity contribution in [1.82, 2.24) is 9.88 Å². The zero-order chi connectivity index (χ0) is 15.1. The lowest BCUT2D eigenvalue weighted by molar-refractivity contribution is -0.142. The van der Waals surface area contributed by atoms with Gasteiger partial charge in [0.25, 0.3) is 0 Å². The number of ketones is 2. The molecule has 0 amide bonds. The molecule has 0 fully saturated rings. The van der Waals surface area contributed by atoms with Gasteiger partial charge in [0.1, 0.15) is 11.7 Å². The second-order valence-electron chi connectivity index (χ2n) is 5.18. The Morgan fingerprint density at radius 1 is 1.48 bits per heavy atom. The van der Waals surface area contributed by atoms with Crippen LogP contribution in [0.1, 0.15) is 28.0 Å². The minimum atomic E-state index is -0.953. The van der Waals surface area contributed by atoms with Gasteiger partial charge in [0, 0.05) is 30.8 Å². The van der Waals surface area contributed by atoms with Gasteiger partial charge in [-0.1, -0.05) is 0 Å². The summed E-state index contributed by atoms with van der Waals surface area (Å²) in [6, 6.07) is -0.750. The molecule has 1 aromatic heterocycles. The van der Waals surface area contributed by atoms with Crippen molar-refractivity contribution < 1.29 is 19.5 Å². The summed E-state index contributed by atoms with van der Waals surface area (Å²) in [6.45, 7) is 0.862. The highest BCUT2D eigenvalue weighted by atomic mass is 16.4. The number of aliphatic carboxylic acids is 1. The Kier molecular flexibility index (Phi) is 3.13. The van der Waals surface area contributed by atoms with Crippen LogP contribution in [-0.2, 0) is 16.0 Å². The molecule has 0 radical (unpaired) electrons. The summed E-state index contributed by atoms with van der Waals surface area (Å²) in [7, 11) is 0. The number of carboxylic acid groups (broad SMARTS) is 1. The molecule has 21 heavy (non-hydrogen) atoms. The van der Waals surface area contributed by atoms with Crippen molar-refractivity contribution >= 4 is 23.2 Å².